The van der Waals surface area contributed by atoms with E-state index in [1.807, 2.05) is 62.4 Å². The maximum atomic E-state index is 5.72. The first-order valence-corrected chi connectivity index (χ1v) is 17.0. The maximum Gasteiger partial charge on any atom is 0.175 e. The van der Waals surface area contributed by atoms with Gasteiger partial charge in [-0.05, 0) is 111 Å². The number of benzene rings is 5. The Morgan fingerprint density at radius 3 is 1.18 bits per heavy atom. The summed E-state index contributed by atoms with van der Waals surface area (Å²) in [6.45, 7) is 5.24. The monoisotopic (exact) mass is 623 g/mol. The van der Waals surface area contributed by atoms with E-state index >= 15 is 0 Å². The Bertz CT molecular complexity index is 1390. The summed E-state index contributed by atoms with van der Waals surface area (Å²) < 4.78 is 16.5. The number of hydrogen-bond acceptors (Lipinski definition) is 4. The third kappa shape index (κ3) is 8.90. The SMILES string of the molecule is CCOc1ccc(NC(=S)Nc2ccc(OCC)cc2)cc1.COC[P+](c1ccccc1)(c1ccccc1)c1ccccc1. The molecule has 0 unspecified atom stereocenters. The van der Waals surface area contributed by atoms with Gasteiger partial charge in [0.15, 0.2) is 11.5 Å². The van der Waals surface area contributed by atoms with E-state index < -0.39 is 7.26 Å². The molecule has 5 nitrogen and oxygen atoms in total. The Morgan fingerprint density at radius 1 is 0.545 bits per heavy atom. The van der Waals surface area contributed by atoms with Crippen molar-refractivity contribution in [1.29, 1.82) is 0 Å². The molecule has 5 rings (SSSR count). The van der Waals surface area contributed by atoms with Crippen molar-refractivity contribution in [3.8, 4) is 11.5 Å². The van der Waals surface area contributed by atoms with Crippen LogP contribution in [-0.4, -0.2) is 31.8 Å². The van der Waals surface area contributed by atoms with Gasteiger partial charge in [0.05, 0.1) is 13.2 Å². The molecule has 5 aromatic rings. The summed E-state index contributed by atoms with van der Waals surface area (Å²) in [5.74, 6) is 1.69. The lowest BCUT2D eigenvalue weighted by Crippen LogP contribution is -2.33. The van der Waals surface area contributed by atoms with Crippen LogP contribution >= 0.6 is 19.5 Å². The molecule has 0 fully saturated rings. The Labute approximate surface area is 267 Å². The second-order valence-corrected chi connectivity index (χ2v) is 13.6. The topological polar surface area (TPSA) is 51.8 Å². The first-order valence-electron chi connectivity index (χ1n) is 14.7. The van der Waals surface area contributed by atoms with E-state index in [0.717, 1.165) is 22.9 Å². The summed E-state index contributed by atoms with van der Waals surface area (Å²) in [6.07, 6.45) is 0.713. The number of methoxy groups -OCH3 is 1. The van der Waals surface area contributed by atoms with Crippen molar-refractivity contribution < 1.29 is 14.2 Å². The summed E-state index contributed by atoms with van der Waals surface area (Å²) >= 11 is 5.30. The summed E-state index contributed by atoms with van der Waals surface area (Å²) in [5, 5.41) is 10.9. The molecule has 0 bridgehead atoms. The van der Waals surface area contributed by atoms with Crippen molar-refractivity contribution in [3.63, 3.8) is 0 Å². The molecule has 0 heterocycles. The van der Waals surface area contributed by atoms with E-state index in [9.17, 15) is 0 Å². The number of thiocarbonyl (C=S) groups is 1. The fourth-order valence-corrected chi connectivity index (χ4v) is 8.82. The molecule has 0 spiro atoms. The smallest absolute Gasteiger partial charge is 0.175 e. The van der Waals surface area contributed by atoms with Crippen LogP contribution in [0, 0.1) is 0 Å². The van der Waals surface area contributed by atoms with Crippen LogP contribution in [0.4, 0.5) is 11.4 Å². The predicted octanol–water partition coefficient (Wildman–Crippen LogP) is 7.88. The van der Waals surface area contributed by atoms with Crippen molar-refractivity contribution in [1.82, 2.24) is 0 Å². The van der Waals surface area contributed by atoms with Crippen LogP contribution in [0.1, 0.15) is 13.8 Å². The average Bonchev–Trinajstić information content (AvgIpc) is 3.07. The zero-order valence-electron chi connectivity index (χ0n) is 25.5. The van der Waals surface area contributed by atoms with Crippen LogP contribution in [0.3, 0.4) is 0 Å². The third-order valence-corrected chi connectivity index (χ3v) is 11.1. The molecule has 226 valence electrons. The van der Waals surface area contributed by atoms with Crippen LogP contribution in [0.25, 0.3) is 0 Å². The van der Waals surface area contributed by atoms with Crippen molar-refractivity contribution in [2.24, 2.45) is 0 Å². The first-order chi connectivity index (χ1) is 21.6. The zero-order chi connectivity index (χ0) is 31.0. The number of hydrogen-bond donors (Lipinski definition) is 2. The average molecular weight is 624 g/mol. The molecule has 0 amide bonds. The van der Waals surface area contributed by atoms with Gasteiger partial charge in [-0.15, -0.1) is 0 Å². The second-order valence-electron chi connectivity index (χ2n) is 9.73. The molecular formula is C37H40N2O3PS+. The van der Waals surface area contributed by atoms with Crippen LogP contribution in [0.2, 0.25) is 0 Å². The van der Waals surface area contributed by atoms with Crippen LogP contribution in [0.15, 0.2) is 140 Å². The highest BCUT2D eigenvalue weighted by molar-refractivity contribution is 7.95. The van der Waals surface area contributed by atoms with Crippen LogP contribution < -0.4 is 36.0 Å². The molecular weight excluding hydrogens is 583 g/mol. The molecule has 2 N–H and O–H groups in total. The number of rotatable bonds is 11. The standard InChI is InChI=1S/C20H20OP.C17H20N2O2S/c1-21-17-22(18-11-5-2-6-12-18,19-13-7-3-8-14-19)20-15-9-4-10-16-20;1-3-20-15-9-5-13(6-10-15)18-17(22)19-14-7-11-16(12-8-14)21-4-2/h2-16H,17H2,1H3;5-12H,3-4H2,1-2H3,(H2,18,19,22)/q+1;. The largest absolute Gasteiger partial charge is 0.494 e. The molecule has 0 radical (unpaired) electrons. The van der Waals surface area contributed by atoms with Gasteiger partial charge in [-0.1, -0.05) is 54.6 Å². The highest BCUT2D eigenvalue weighted by Gasteiger charge is 2.45. The Kier molecular flexibility index (Phi) is 12.8. The first kappa shape index (κ1) is 32.7. The van der Waals surface area contributed by atoms with E-state index in [1.165, 1.54) is 15.9 Å². The summed E-state index contributed by atoms with van der Waals surface area (Å²) in [6, 6.07) is 47.6. The van der Waals surface area contributed by atoms with Gasteiger partial charge in [0.2, 0.25) is 0 Å². The highest BCUT2D eigenvalue weighted by Crippen LogP contribution is 2.55. The van der Waals surface area contributed by atoms with Crippen molar-refractivity contribution in [2.45, 2.75) is 13.8 Å². The molecule has 0 saturated carbocycles. The van der Waals surface area contributed by atoms with E-state index in [2.05, 4.69) is 102 Å². The van der Waals surface area contributed by atoms with E-state index in [0.29, 0.717) is 24.7 Å². The number of anilines is 2. The van der Waals surface area contributed by atoms with Gasteiger partial charge in [0, 0.05) is 18.5 Å². The van der Waals surface area contributed by atoms with E-state index in [4.69, 9.17) is 26.4 Å². The Balaban J connectivity index is 0.000000201. The normalized spacial score (nSPS) is 10.6. The molecule has 7 heteroatoms. The molecule has 0 aliphatic carbocycles. The molecule has 0 saturated heterocycles. The minimum absolute atomic E-state index is 0.535. The van der Waals surface area contributed by atoms with Crippen LogP contribution in [-0.2, 0) is 4.74 Å². The second kappa shape index (κ2) is 17.2. The van der Waals surface area contributed by atoms with Crippen molar-refractivity contribution in [2.75, 3.05) is 37.3 Å². The number of nitrogens with one attached hydrogen (secondary N) is 2. The minimum atomic E-state index is -1.78. The third-order valence-electron chi connectivity index (χ3n) is 6.76. The quantitative estimate of drug-likeness (QED) is 0.115. The maximum absolute atomic E-state index is 5.72. The van der Waals surface area contributed by atoms with Gasteiger partial charge in [-0.2, -0.15) is 0 Å². The molecule has 0 aliphatic heterocycles. The summed E-state index contributed by atoms with van der Waals surface area (Å²) in [7, 11) is 0.0197. The van der Waals surface area contributed by atoms with Gasteiger partial charge in [-0.3, -0.25) is 0 Å². The van der Waals surface area contributed by atoms with Gasteiger partial charge in [-0.25, -0.2) is 0 Å². The lowest BCUT2D eigenvalue weighted by Gasteiger charge is -2.26. The lowest BCUT2D eigenvalue weighted by atomic mass is 10.3. The minimum Gasteiger partial charge on any atom is -0.494 e. The molecule has 0 atom stereocenters. The fraction of sp³-hybridized carbons (Fsp3) is 0.162. The van der Waals surface area contributed by atoms with Gasteiger partial charge >= 0.3 is 0 Å². The van der Waals surface area contributed by atoms with Crippen LogP contribution in [0.5, 0.6) is 11.5 Å². The predicted molar refractivity (Wildman–Crippen MR) is 192 cm³/mol. The van der Waals surface area contributed by atoms with Crippen molar-refractivity contribution in [3.05, 3.63) is 140 Å². The molecule has 0 aromatic heterocycles. The highest BCUT2D eigenvalue weighted by atomic mass is 32.1. The number of ether oxygens (including phenoxy) is 3. The molecule has 44 heavy (non-hydrogen) atoms. The Morgan fingerprint density at radius 2 is 0.886 bits per heavy atom. The van der Waals surface area contributed by atoms with E-state index in [-0.39, 0.29) is 0 Å². The summed E-state index contributed by atoms with van der Waals surface area (Å²) in [5.41, 5.74) is 1.82. The van der Waals surface area contributed by atoms with Gasteiger partial charge in [0.25, 0.3) is 0 Å². The van der Waals surface area contributed by atoms with Gasteiger partial charge in [0.1, 0.15) is 34.7 Å². The van der Waals surface area contributed by atoms with Crippen molar-refractivity contribution >= 4 is 51.9 Å². The van der Waals surface area contributed by atoms with Gasteiger partial charge < -0.3 is 24.8 Å². The lowest BCUT2D eigenvalue weighted by molar-refractivity contribution is 0.255. The van der Waals surface area contributed by atoms with E-state index in [1.54, 1.807) is 7.11 Å². The molecule has 0 aliphatic rings. The zero-order valence-corrected chi connectivity index (χ0v) is 27.2. The Hall–Kier alpha value is -4.22. The molecule has 5 aromatic carbocycles. The fourth-order valence-electron chi connectivity index (χ4n) is 4.81. The summed E-state index contributed by atoms with van der Waals surface area (Å²) in [4.78, 5) is 0.